The Bertz CT molecular complexity index is 362. The third kappa shape index (κ3) is 2.51. The van der Waals surface area contributed by atoms with E-state index in [0.717, 1.165) is 19.3 Å². The standard InChI is InChI=1S/C9H10Cl2N2O2/c10-5-4-12-9(11)13-8(5)15-7-3-1-2-6(7)14/h4,6-7,14H,1-3H2/t6-,7?/m1/s1. The van der Waals surface area contributed by atoms with Gasteiger partial charge in [0, 0.05) is 0 Å². The highest BCUT2D eigenvalue weighted by atomic mass is 35.5. The largest absolute Gasteiger partial charge is 0.470 e. The summed E-state index contributed by atoms with van der Waals surface area (Å²) in [6.07, 6.45) is 3.19. The van der Waals surface area contributed by atoms with E-state index < -0.39 is 6.10 Å². The van der Waals surface area contributed by atoms with E-state index in [1.807, 2.05) is 0 Å². The molecule has 0 spiro atoms. The number of hydrogen-bond acceptors (Lipinski definition) is 4. The van der Waals surface area contributed by atoms with Crippen molar-refractivity contribution in [2.45, 2.75) is 31.5 Å². The molecule has 0 radical (unpaired) electrons. The molecule has 0 aliphatic heterocycles. The predicted molar refractivity (Wildman–Crippen MR) is 56.3 cm³/mol. The van der Waals surface area contributed by atoms with Crippen molar-refractivity contribution in [1.82, 2.24) is 9.97 Å². The SMILES string of the molecule is O[C@@H]1CCCC1Oc1nc(Cl)ncc1Cl. The average Bonchev–Trinajstić information content (AvgIpc) is 2.58. The Hall–Kier alpha value is -0.580. The third-order valence-corrected chi connectivity index (χ3v) is 2.80. The number of aromatic nitrogens is 2. The van der Waals surface area contributed by atoms with Gasteiger partial charge in [0.1, 0.15) is 11.1 Å². The molecule has 15 heavy (non-hydrogen) atoms. The van der Waals surface area contributed by atoms with Crippen molar-refractivity contribution in [2.75, 3.05) is 0 Å². The summed E-state index contributed by atoms with van der Waals surface area (Å²) in [6, 6.07) is 0. The first kappa shape index (κ1) is 10.9. The fourth-order valence-electron chi connectivity index (χ4n) is 1.60. The van der Waals surface area contributed by atoms with Gasteiger partial charge in [-0.2, -0.15) is 4.98 Å². The zero-order chi connectivity index (χ0) is 10.8. The minimum absolute atomic E-state index is 0.0851. The third-order valence-electron chi connectivity index (χ3n) is 2.36. The number of halogens is 2. The monoisotopic (exact) mass is 248 g/mol. The second-order valence-corrected chi connectivity index (χ2v) is 4.19. The van der Waals surface area contributed by atoms with Crippen molar-refractivity contribution >= 4 is 23.2 Å². The predicted octanol–water partition coefficient (Wildman–Crippen LogP) is 2.08. The molecule has 1 heterocycles. The van der Waals surface area contributed by atoms with Crippen molar-refractivity contribution in [3.05, 3.63) is 16.5 Å². The maximum atomic E-state index is 9.57. The van der Waals surface area contributed by atoms with Crippen LogP contribution >= 0.6 is 23.2 Å². The zero-order valence-corrected chi connectivity index (χ0v) is 9.37. The summed E-state index contributed by atoms with van der Waals surface area (Å²) >= 11 is 11.4. The van der Waals surface area contributed by atoms with E-state index in [1.165, 1.54) is 6.20 Å². The molecule has 1 aromatic heterocycles. The number of nitrogens with zero attached hydrogens (tertiary/aromatic N) is 2. The van der Waals surface area contributed by atoms with E-state index >= 15 is 0 Å². The Labute approximate surface area is 97.2 Å². The molecule has 2 atom stereocenters. The highest BCUT2D eigenvalue weighted by Gasteiger charge is 2.28. The van der Waals surface area contributed by atoms with Crippen LogP contribution in [0, 0.1) is 0 Å². The molecule has 1 saturated carbocycles. The van der Waals surface area contributed by atoms with Gasteiger partial charge >= 0.3 is 0 Å². The highest BCUT2D eigenvalue weighted by Crippen LogP contribution is 2.28. The van der Waals surface area contributed by atoms with Crippen molar-refractivity contribution < 1.29 is 9.84 Å². The van der Waals surface area contributed by atoms with Crippen LogP contribution in [0.4, 0.5) is 0 Å². The molecule has 1 aliphatic carbocycles. The normalized spacial score (nSPS) is 25.5. The lowest BCUT2D eigenvalue weighted by Crippen LogP contribution is -2.26. The van der Waals surface area contributed by atoms with Crippen LogP contribution in [0.1, 0.15) is 19.3 Å². The highest BCUT2D eigenvalue weighted by molar-refractivity contribution is 6.32. The fourth-order valence-corrected chi connectivity index (χ4v) is 1.86. The Kier molecular flexibility index (Phi) is 3.29. The molecule has 6 heteroatoms. The van der Waals surface area contributed by atoms with Crippen LogP contribution in [0.25, 0.3) is 0 Å². The summed E-state index contributed by atoms with van der Waals surface area (Å²) in [5.41, 5.74) is 0. The van der Waals surface area contributed by atoms with Gasteiger partial charge in [-0.15, -0.1) is 0 Å². The van der Waals surface area contributed by atoms with Crippen molar-refractivity contribution in [2.24, 2.45) is 0 Å². The molecular weight excluding hydrogens is 239 g/mol. The first-order valence-corrected chi connectivity index (χ1v) is 5.45. The first-order chi connectivity index (χ1) is 7.16. The summed E-state index contributed by atoms with van der Waals surface area (Å²) in [6.45, 7) is 0. The van der Waals surface area contributed by atoms with Gasteiger partial charge in [0.25, 0.3) is 0 Å². The molecule has 0 aromatic carbocycles. The van der Waals surface area contributed by atoms with Gasteiger partial charge < -0.3 is 9.84 Å². The van der Waals surface area contributed by atoms with E-state index in [0.29, 0.717) is 5.02 Å². The van der Waals surface area contributed by atoms with Crippen molar-refractivity contribution in [3.8, 4) is 5.88 Å². The molecule has 1 aliphatic rings. The topological polar surface area (TPSA) is 55.2 Å². The molecule has 1 unspecified atom stereocenters. The minimum Gasteiger partial charge on any atom is -0.470 e. The van der Waals surface area contributed by atoms with Crippen molar-refractivity contribution in [3.63, 3.8) is 0 Å². The minimum atomic E-state index is -0.449. The van der Waals surface area contributed by atoms with Crippen LogP contribution in [0.2, 0.25) is 10.3 Å². The fraction of sp³-hybridized carbons (Fsp3) is 0.556. The van der Waals surface area contributed by atoms with Gasteiger partial charge in [-0.1, -0.05) is 11.6 Å². The molecule has 1 aromatic rings. The van der Waals surface area contributed by atoms with Crippen LogP contribution in [-0.2, 0) is 0 Å². The van der Waals surface area contributed by atoms with E-state index in [2.05, 4.69) is 9.97 Å². The van der Waals surface area contributed by atoms with Crippen LogP contribution < -0.4 is 4.74 Å². The molecule has 1 fully saturated rings. The average molecular weight is 249 g/mol. The molecule has 4 nitrogen and oxygen atoms in total. The summed E-state index contributed by atoms with van der Waals surface area (Å²) in [4.78, 5) is 7.57. The number of ether oxygens (including phenoxy) is 1. The van der Waals surface area contributed by atoms with Gasteiger partial charge in [0.15, 0.2) is 0 Å². The molecule has 82 valence electrons. The summed E-state index contributed by atoms with van der Waals surface area (Å²) < 4.78 is 5.48. The lowest BCUT2D eigenvalue weighted by molar-refractivity contribution is 0.0574. The van der Waals surface area contributed by atoms with E-state index in [-0.39, 0.29) is 17.3 Å². The Morgan fingerprint density at radius 3 is 2.87 bits per heavy atom. The molecule has 2 rings (SSSR count). The smallest absolute Gasteiger partial charge is 0.237 e. The Morgan fingerprint density at radius 2 is 2.20 bits per heavy atom. The van der Waals surface area contributed by atoms with E-state index in [4.69, 9.17) is 27.9 Å². The quantitative estimate of drug-likeness (QED) is 0.815. The number of aliphatic hydroxyl groups is 1. The number of hydrogen-bond donors (Lipinski definition) is 1. The molecule has 1 N–H and O–H groups in total. The van der Waals surface area contributed by atoms with Crippen LogP contribution in [0.5, 0.6) is 5.88 Å². The van der Waals surface area contributed by atoms with Crippen LogP contribution in [-0.4, -0.2) is 27.3 Å². The van der Waals surface area contributed by atoms with Crippen molar-refractivity contribution in [1.29, 1.82) is 0 Å². The number of aliphatic hydroxyl groups excluding tert-OH is 1. The Balaban J connectivity index is 2.12. The van der Waals surface area contributed by atoms with Gasteiger partial charge in [-0.05, 0) is 30.9 Å². The van der Waals surface area contributed by atoms with Gasteiger partial charge in [-0.25, -0.2) is 4.98 Å². The second-order valence-electron chi connectivity index (χ2n) is 3.45. The Morgan fingerprint density at radius 1 is 1.40 bits per heavy atom. The van der Waals surface area contributed by atoms with Gasteiger partial charge in [-0.3, -0.25) is 0 Å². The van der Waals surface area contributed by atoms with E-state index in [1.54, 1.807) is 0 Å². The number of rotatable bonds is 2. The first-order valence-electron chi connectivity index (χ1n) is 4.69. The molecule has 0 bridgehead atoms. The second kappa shape index (κ2) is 4.51. The van der Waals surface area contributed by atoms with Gasteiger partial charge in [0.05, 0.1) is 12.3 Å². The van der Waals surface area contributed by atoms with Gasteiger partial charge in [0.2, 0.25) is 11.2 Å². The lowest BCUT2D eigenvalue weighted by Gasteiger charge is -2.16. The molecule has 0 saturated heterocycles. The van der Waals surface area contributed by atoms with Crippen LogP contribution in [0.15, 0.2) is 6.20 Å². The summed E-state index contributed by atoms with van der Waals surface area (Å²) in [5.74, 6) is 0.239. The van der Waals surface area contributed by atoms with E-state index in [9.17, 15) is 5.11 Å². The molecular formula is C9H10Cl2N2O2. The maximum absolute atomic E-state index is 9.57. The summed E-state index contributed by atoms with van der Waals surface area (Å²) in [5, 5.41) is 9.96. The maximum Gasteiger partial charge on any atom is 0.237 e. The summed E-state index contributed by atoms with van der Waals surface area (Å²) in [7, 11) is 0. The lowest BCUT2D eigenvalue weighted by atomic mass is 10.3. The zero-order valence-electron chi connectivity index (χ0n) is 7.86. The molecule has 0 amide bonds. The van der Waals surface area contributed by atoms with Crippen LogP contribution in [0.3, 0.4) is 0 Å².